The number of carbonyl (C=O) groups excluding carboxylic acids is 1. The Balaban J connectivity index is 1.97. The molecule has 1 fully saturated rings. The summed E-state index contributed by atoms with van der Waals surface area (Å²) in [6.07, 6.45) is 1.95. The van der Waals surface area contributed by atoms with Crippen LogP contribution in [0.25, 0.3) is 0 Å². The minimum atomic E-state index is -0.154. The summed E-state index contributed by atoms with van der Waals surface area (Å²) in [6, 6.07) is 5.08. The lowest BCUT2D eigenvalue weighted by molar-refractivity contribution is 0.0935. The number of aliphatic hydroxyl groups excluding tert-OH is 1. The van der Waals surface area contributed by atoms with Gasteiger partial charge in [-0.05, 0) is 47.0 Å². The number of nitrogens with one attached hydrogen (secondary N) is 1. The maximum absolute atomic E-state index is 11.8. The molecule has 5 heteroatoms. The molecule has 0 spiro atoms. The molecule has 1 aromatic rings. The number of hydrogen-bond donors (Lipinski definition) is 2. The molecule has 0 saturated heterocycles. The first kappa shape index (κ1) is 12.9. The summed E-state index contributed by atoms with van der Waals surface area (Å²) in [5.74, 6) is -0.154. The van der Waals surface area contributed by atoms with Gasteiger partial charge in [0, 0.05) is 22.0 Å². The zero-order chi connectivity index (χ0) is 12.5. The summed E-state index contributed by atoms with van der Waals surface area (Å²) < 4.78 is 0.768. The van der Waals surface area contributed by atoms with Gasteiger partial charge in [0.05, 0.1) is 11.6 Å². The zero-order valence-corrected chi connectivity index (χ0v) is 11.5. The molecule has 1 amide bonds. The maximum atomic E-state index is 11.8. The Morgan fingerprint density at radius 1 is 1.53 bits per heavy atom. The molecule has 0 aromatic heterocycles. The molecule has 0 atom stereocenters. The van der Waals surface area contributed by atoms with Gasteiger partial charge < -0.3 is 10.4 Å². The third kappa shape index (κ3) is 3.00. The summed E-state index contributed by atoms with van der Waals surface area (Å²) >= 11 is 9.19. The topological polar surface area (TPSA) is 49.3 Å². The fraction of sp³-hybridized carbons (Fsp3) is 0.417. The molecule has 1 saturated carbocycles. The van der Waals surface area contributed by atoms with Gasteiger partial charge in [-0.25, -0.2) is 0 Å². The predicted molar refractivity (Wildman–Crippen MR) is 70.2 cm³/mol. The van der Waals surface area contributed by atoms with Crippen molar-refractivity contribution in [2.24, 2.45) is 5.41 Å². The van der Waals surface area contributed by atoms with Gasteiger partial charge in [-0.1, -0.05) is 11.6 Å². The van der Waals surface area contributed by atoms with Crippen LogP contribution in [0.2, 0.25) is 5.02 Å². The first-order chi connectivity index (χ1) is 8.06. The Bertz CT molecular complexity index is 446. The van der Waals surface area contributed by atoms with Gasteiger partial charge in [-0.3, -0.25) is 4.79 Å². The smallest absolute Gasteiger partial charge is 0.251 e. The molecule has 1 aromatic carbocycles. The van der Waals surface area contributed by atoms with E-state index < -0.39 is 0 Å². The molecule has 92 valence electrons. The molecule has 1 aliphatic carbocycles. The highest BCUT2D eigenvalue weighted by molar-refractivity contribution is 9.10. The van der Waals surface area contributed by atoms with E-state index >= 15 is 0 Å². The molecule has 17 heavy (non-hydrogen) atoms. The lowest BCUT2D eigenvalue weighted by Crippen LogP contribution is -2.31. The zero-order valence-electron chi connectivity index (χ0n) is 9.17. The van der Waals surface area contributed by atoms with Gasteiger partial charge in [-0.15, -0.1) is 0 Å². The second-order valence-electron chi connectivity index (χ2n) is 4.47. The van der Waals surface area contributed by atoms with E-state index in [2.05, 4.69) is 21.2 Å². The summed E-state index contributed by atoms with van der Waals surface area (Å²) in [7, 11) is 0. The second-order valence-corrected chi connectivity index (χ2v) is 5.73. The standard InChI is InChI=1S/C12H13BrClNO2/c13-9-2-1-8(5-10(9)14)11(17)15-6-12(7-16)3-4-12/h1-2,5,16H,3-4,6-7H2,(H,15,17). The van der Waals surface area contributed by atoms with Crippen LogP contribution in [-0.2, 0) is 0 Å². The van der Waals surface area contributed by atoms with Gasteiger partial charge in [-0.2, -0.15) is 0 Å². The van der Waals surface area contributed by atoms with E-state index in [0.717, 1.165) is 17.3 Å². The average molecular weight is 319 g/mol. The molecule has 2 rings (SSSR count). The molecular weight excluding hydrogens is 305 g/mol. The van der Waals surface area contributed by atoms with Gasteiger partial charge >= 0.3 is 0 Å². The fourth-order valence-electron chi connectivity index (χ4n) is 1.57. The summed E-state index contributed by atoms with van der Waals surface area (Å²) in [5.41, 5.74) is 0.460. The molecule has 0 heterocycles. The molecule has 3 nitrogen and oxygen atoms in total. The van der Waals surface area contributed by atoms with Crippen molar-refractivity contribution in [1.82, 2.24) is 5.32 Å². The van der Waals surface area contributed by atoms with Gasteiger partial charge in [0.25, 0.3) is 5.91 Å². The molecular formula is C12H13BrClNO2. The normalized spacial score (nSPS) is 16.6. The van der Waals surface area contributed by atoms with Crippen LogP contribution in [0.4, 0.5) is 0 Å². The Kier molecular flexibility index (Phi) is 3.76. The van der Waals surface area contributed by atoms with Crippen LogP contribution < -0.4 is 5.32 Å². The number of aliphatic hydroxyl groups is 1. The lowest BCUT2D eigenvalue weighted by Gasteiger charge is -2.12. The first-order valence-electron chi connectivity index (χ1n) is 5.40. The molecule has 0 bridgehead atoms. The number of hydrogen-bond acceptors (Lipinski definition) is 2. The van der Waals surface area contributed by atoms with Crippen molar-refractivity contribution in [2.75, 3.05) is 13.2 Å². The quantitative estimate of drug-likeness (QED) is 0.896. The van der Waals surface area contributed by atoms with Crippen molar-refractivity contribution < 1.29 is 9.90 Å². The SMILES string of the molecule is O=C(NCC1(CO)CC1)c1ccc(Br)c(Cl)c1. The van der Waals surface area contributed by atoms with Crippen molar-refractivity contribution in [1.29, 1.82) is 0 Å². The Morgan fingerprint density at radius 3 is 2.76 bits per heavy atom. The number of carbonyl (C=O) groups is 1. The average Bonchev–Trinajstić information content (AvgIpc) is 3.10. The van der Waals surface area contributed by atoms with Crippen molar-refractivity contribution in [3.05, 3.63) is 33.3 Å². The van der Waals surface area contributed by atoms with Crippen molar-refractivity contribution in [3.8, 4) is 0 Å². The van der Waals surface area contributed by atoms with Crippen LogP contribution >= 0.6 is 27.5 Å². The van der Waals surface area contributed by atoms with Crippen LogP contribution in [0.1, 0.15) is 23.2 Å². The van der Waals surface area contributed by atoms with E-state index in [1.165, 1.54) is 0 Å². The third-order valence-electron chi connectivity index (χ3n) is 3.10. The number of benzene rings is 1. The minimum absolute atomic E-state index is 0.0746. The van der Waals surface area contributed by atoms with Crippen LogP contribution in [0.3, 0.4) is 0 Å². The van der Waals surface area contributed by atoms with E-state index in [4.69, 9.17) is 16.7 Å². The van der Waals surface area contributed by atoms with E-state index in [1.54, 1.807) is 18.2 Å². The Morgan fingerprint density at radius 2 is 2.24 bits per heavy atom. The maximum Gasteiger partial charge on any atom is 0.251 e. The number of rotatable bonds is 4. The monoisotopic (exact) mass is 317 g/mol. The lowest BCUT2D eigenvalue weighted by atomic mass is 10.1. The van der Waals surface area contributed by atoms with E-state index in [0.29, 0.717) is 17.1 Å². The van der Waals surface area contributed by atoms with Crippen LogP contribution in [0, 0.1) is 5.41 Å². The summed E-state index contributed by atoms with van der Waals surface area (Å²) in [6.45, 7) is 0.657. The van der Waals surface area contributed by atoms with Gasteiger partial charge in [0.2, 0.25) is 0 Å². The van der Waals surface area contributed by atoms with Crippen molar-refractivity contribution >= 4 is 33.4 Å². The number of halogens is 2. The van der Waals surface area contributed by atoms with E-state index in [-0.39, 0.29) is 17.9 Å². The van der Waals surface area contributed by atoms with E-state index in [1.807, 2.05) is 0 Å². The van der Waals surface area contributed by atoms with Crippen molar-refractivity contribution in [3.63, 3.8) is 0 Å². The largest absolute Gasteiger partial charge is 0.396 e. The summed E-state index contributed by atoms with van der Waals surface area (Å²) in [4.78, 5) is 11.8. The predicted octanol–water partition coefficient (Wildman–Crippen LogP) is 2.60. The van der Waals surface area contributed by atoms with Crippen molar-refractivity contribution in [2.45, 2.75) is 12.8 Å². The molecule has 0 aliphatic heterocycles. The Labute approximate surface area is 113 Å². The minimum Gasteiger partial charge on any atom is -0.396 e. The molecule has 2 N–H and O–H groups in total. The Hall–Kier alpha value is -0.580. The fourth-order valence-corrected chi connectivity index (χ4v) is 2.00. The molecule has 0 radical (unpaired) electrons. The van der Waals surface area contributed by atoms with Gasteiger partial charge in [0.15, 0.2) is 0 Å². The van der Waals surface area contributed by atoms with Crippen LogP contribution in [0.5, 0.6) is 0 Å². The second kappa shape index (κ2) is 4.96. The highest BCUT2D eigenvalue weighted by atomic mass is 79.9. The highest BCUT2D eigenvalue weighted by Gasteiger charge is 2.42. The molecule has 0 unspecified atom stereocenters. The van der Waals surface area contributed by atoms with Crippen LogP contribution in [0.15, 0.2) is 22.7 Å². The first-order valence-corrected chi connectivity index (χ1v) is 6.58. The van der Waals surface area contributed by atoms with E-state index in [9.17, 15) is 4.79 Å². The van der Waals surface area contributed by atoms with Gasteiger partial charge in [0.1, 0.15) is 0 Å². The third-order valence-corrected chi connectivity index (χ3v) is 4.33. The number of amides is 1. The summed E-state index contributed by atoms with van der Waals surface area (Å²) in [5, 5.41) is 12.5. The molecule has 1 aliphatic rings. The van der Waals surface area contributed by atoms with Crippen LogP contribution in [-0.4, -0.2) is 24.2 Å². The highest BCUT2D eigenvalue weighted by Crippen LogP contribution is 2.44.